The molecule has 3 aliphatic rings. The summed E-state index contributed by atoms with van der Waals surface area (Å²) in [5, 5.41) is 10.7. The molecule has 7 rings (SSSR count). The molecule has 5 heterocycles. The van der Waals surface area contributed by atoms with Crippen LogP contribution >= 0.6 is 45.9 Å². The highest BCUT2D eigenvalue weighted by atomic mass is 35.5. The molecule has 16 heteroatoms. The van der Waals surface area contributed by atoms with E-state index < -0.39 is 11.6 Å². The van der Waals surface area contributed by atoms with Crippen molar-refractivity contribution < 1.29 is 18.4 Å². The number of piperidine rings is 2. The van der Waals surface area contributed by atoms with Crippen molar-refractivity contribution in [2.45, 2.75) is 71.0 Å². The fraction of sp³-hybridized carbons (Fsp3) is 0.568. The van der Waals surface area contributed by atoms with E-state index in [1.165, 1.54) is 53.4 Å². The van der Waals surface area contributed by atoms with Gasteiger partial charge in [0.15, 0.2) is 10.3 Å². The third-order valence-corrected chi connectivity index (χ3v) is 12.9. The van der Waals surface area contributed by atoms with Crippen molar-refractivity contribution in [2.75, 3.05) is 63.5 Å². The van der Waals surface area contributed by atoms with Crippen molar-refractivity contribution in [3.63, 3.8) is 0 Å². The highest BCUT2D eigenvalue weighted by molar-refractivity contribution is 7.22. The van der Waals surface area contributed by atoms with Gasteiger partial charge in [0.2, 0.25) is 11.8 Å². The fourth-order valence-electron chi connectivity index (χ4n) is 7.43. The number of likely N-dealkylation sites (N-methyl/N-ethyl adjacent to an activating group) is 1. The molecule has 0 radical (unpaired) electrons. The Bertz CT molecular complexity index is 1890. The van der Waals surface area contributed by atoms with Crippen molar-refractivity contribution >= 4 is 88.4 Å². The second kappa shape index (κ2) is 18.4. The van der Waals surface area contributed by atoms with Gasteiger partial charge in [0.25, 0.3) is 0 Å². The maximum Gasteiger partial charge on any atom is 0.230 e. The van der Waals surface area contributed by atoms with E-state index in [1.807, 2.05) is 7.05 Å². The number of hydrogen-bond acceptors (Lipinski definition) is 10. The Hall–Kier alpha value is -2.56. The van der Waals surface area contributed by atoms with Gasteiger partial charge in [-0.1, -0.05) is 72.6 Å². The van der Waals surface area contributed by atoms with Gasteiger partial charge in [0.1, 0.15) is 22.7 Å². The number of halogens is 4. The minimum Gasteiger partial charge on any atom is -0.305 e. The number of anilines is 2. The zero-order chi connectivity index (χ0) is 37.6. The Labute approximate surface area is 327 Å². The SMILES string of the molecule is CCCCC(NC)N1CCCC(C(=O)Nc2nc3c(Cl)cc(F)cc3s2)C1.CCN1CC(N2CCCC(C(=O)Nc3nc4c(Cl)cc(F)cc4s3)C2)C1. The third-order valence-electron chi connectivity index (χ3n) is 10.4. The van der Waals surface area contributed by atoms with E-state index in [1.54, 1.807) is 0 Å². The zero-order valence-corrected chi connectivity index (χ0v) is 33.5. The van der Waals surface area contributed by atoms with E-state index in [0.29, 0.717) is 42.9 Å². The number of benzene rings is 2. The van der Waals surface area contributed by atoms with Crippen LogP contribution in [0.25, 0.3) is 20.4 Å². The number of nitrogens with zero attached hydrogens (tertiary/aromatic N) is 5. The van der Waals surface area contributed by atoms with Crippen LogP contribution in [-0.4, -0.2) is 102 Å². The van der Waals surface area contributed by atoms with Gasteiger partial charge in [-0.2, -0.15) is 0 Å². The van der Waals surface area contributed by atoms with Crippen LogP contribution in [0.1, 0.15) is 58.8 Å². The molecular weight excluding hydrogens is 761 g/mol. The van der Waals surface area contributed by atoms with Crippen molar-refractivity contribution in [1.82, 2.24) is 30.0 Å². The predicted molar refractivity (Wildman–Crippen MR) is 213 cm³/mol. The number of carbonyl (C=O) groups is 2. The maximum atomic E-state index is 13.5. The molecule has 0 spiro atoms. The molecule has 2 amide bonds. The highest BCUT2D eigenvalue weighted by Gasteiger charge is 2.36. The highest BCUT2D eigenvalue weighted by Crippen LogP contribution is 2.34. The zero-order valence-electron chi connectivity index (χ0n) is 30.4. The van der Waals surface area contributed by atoms with E-state index >= 15 is 0 Å². The summed E-state index contributed by atoms with van der Waals surface area (Å²) in [6, 6.07) is 5.85. The average Bonchev–Trinajstić information content (AvgIpc) is 3.72. The molecule has 3 atom stereocenters. The van der Waals surface area contributed by atoms with Crippen LogP contribution in [0.4, 0.5) is 19.0 Å². The number of carbonyl (C=O) groups excluding carboxylic acids is 2. The van der Waals surface area contributed by atoms with Crippen molar-refractivity contribution in [3.8, 4) is 0 Å². The molecule has 2 aromatic heterocycles. The van der Waals surface area contributed by atoms with Crippen molar-refractivity contribution in [1.29, 1.82) is 0 Å². The van der Waals surface area contributed by atoms with E-state index in [4.69, 9.17) is 23.2 Å². The van der Waals surface area contributed by atoms with Gasteiger partial charge >= 0.3 is 0 Å². The number of nitrogens with one attached hydrogen (secondary N) is 3. The summed E-state index contributed by atoms with van der Waals surface area (Å²) < 4.78 is 28.2. The first kappa shape index (κ1) is 40.1. The smallest absolute Gasteiger partial charge is 0.230 e. The topological polar surface area (TPSA) is 106 Å². The normalized spacial score (nSPS) is 20.9. The Morgan fingerprint density at radius 2 is 1.40 bits per heavy atom. The Morgan fingerprint density at radius 1 is 0.849 bits per heavy atom. The number of fused-ring (bicyclic) bond motifs is 2. The van der Waals surface area contributed by atoms with Gasteiger partial charge in [-0.3, -0.25) is 19.4 Å². The third kappa shape index (κ3) is 10.0. The molecule has 2 aromatic carbocycles. The molecule has 288 valence electrons. The van der Waals surface area contributed by atoms with Crippen LogP contribution in [-0.2, 0) is 9.59 Å². The van der Waals surface area contributed by atoms with Gasteiger partial charge in [-0.15, -0.1) is 0 Å². The van der Waals surface area contributed by atoms with Gasteiger partial charge in [-0.05, 0) is 83.1 Å². The lowest BCUT2D eigenvalue weighted by Gasteiger charge is -2.47. The quantitative estimate of drug-likeness (QED) is 0.141. The molecule has 0 bridgehead atoms. The first-order chi connectivity index (χ1) is 25.5. The molecule has 3 aliphatic heterocycles. The minimum absolute atomic E-state index is 0.00276. The number of amides is 2. The lowest BCUT2D eigenvalue weighted by molar-refractivity contribution is -0.123. The predicted octanol–water partition coefficient (Wildman–Crippen LogP) is 7.92. The molecule has 0 saturated carbocycles. The summed E-state index contributed by atoms with van der Waals surface area (Å²) in [6.07, 6.45) is 7.53. The summed E-state index contributed by atoms with van der Waals surface area (Å²) in [5.41, 5.74) is 1.06. The number of rotatable bonds is 11. The molecular formula is C37H48Cl2F2N8O2S2. The van der Waals surface area contributed by atoms with Crippen LogP contribution < -0.4 is 16.0 Å². The molecule has 3 saturated heterocycles. The fourth-order valence-corrected chi connectivity index (χ4v) is 9.88. The molecule has 10 nitrogen and oxygen atoms in total. The monoisotopic (exact) mass is 808 g/mol. The molecule has 0 aliphatic carbocycles. The lowest BCUT2D eigenvalue weighted by atomic mass is 9.94. The summed E-state index contributed by atoms with van der Waals surface area (Å²) in [4.78, 5) is 41.4. The second-order valence-corrected chi connectivity index (χ2v) is 17.0. The van der Waals surface area contributed by atoms with Crippen LogP contribution in [0.3, 0.4) is 0 Å². The van der Waals surface area contributed by atoms with Gasteiger partial charge < -0.3 is 20.9 Å². The van der Waals surface area contributed by atoms with Gasteiger partial charge in [0, 0.05) is 32.2 Å². The Kier molecular flexibility index (Phi) is 13.9. The minimum atomic E-state index is -0.401. The Balaban J connectivity index is 0.000000181. The van der Waals surface area contributed by atoms with Crippen LogP contribution in [0.5, 0.6) is 0 Å². The van der Waals surface area contributed by atoms with E-state index in [9.17, 15) is 18.4 Å². The van der Waals surface area contributed by atoms with Crippen LogP contribution in [0.15, 0.2) is 24.3 Å². The first-order valence-corrected chi connectivity index (χ1v) is 20.9. The van der Waals surface area contributed by atoms with Gasteiger partial charge in [0.05, 0.1) is 37.4 Å². The molecule has 3 N–H and O–H groups in total. The van der Waals surface area contributed by atoms with Crippen LogP contribution in [0.2, 0.25) is 10.0 Å². The van der Waals surface area contributed by atoms with E-state index in [0.717, 1.165) is 84.3 Å². The summed E-state index contributed by atoms with van der Waals surface area (Å²) in [7, 11) is 1.98. The molecule has 3 fully saturated rings. The molecule has 3 unspecified atom stereocenters. The number of unbranched alkanes of at least 4 members (excludes halogenated alkanes) is 1. The largest absolute Gasteiger partial charge is 0.305 e. The Morgan fingerprint density at radius 3 is 1.92 bits per heavy atom. The van der Waals surface area contributed by atoms with Crippen molar-refractivity contribution in [3.05, 3.63) is 45.9 Å². The second-order valence-electron chi connectivity index (χ2n) is 14.1. The van der Waals surface area contributed by atoms with E-state index in [2.05, 4.69) is 54.5 Å². The summed E-state index contributed by atoms with van der Waals surface area (Å²) in [6.45, 7) is 11.3. The molecule has 4 aromatic rings. The average molecular weight is 810 g/mol. The first-order valence-electron chi connectivity index (χ1n) is 18.6. The lowest BCUT2D eigenvalue weighted by Crippen LogP contribution is -2.61. The van der Waals surface area contributed by atoms with Crippen LogP contribution in [0, 0.1) is 23.5 Å². The van der Waals surface area contributed by atoms with Crippen molar-refractivity contribution in [2.24, 2.45) is 11.8 Å². The molecule has 53 heavy (non-hydrogen) atoms. The number of hydrogen-bond donors (Lipinski definition) is 3. The summed E-state index contributed by atoms with van der Waals surface area (Å²) in [5.74, 6) is -0.928. The standard InChI is InChI=1S/C19H26ClFN4OS.C18H22ClFN4OS/c1-3-4-7-16(22-2)25-8-5-6-12(11-25)18(26)24-19-23-17-14(20)9-13(21)10-15(17)27-19;1-2-23-9-13(10-23)24-5-3-4-11(8-24)17(25)22-18-21-16-14(19)6-12(20)7-15(16)26-18/h9-10,12,16,22H,3-8,11H2,1-2H3,(H,23,24,26);6-7,11,13H,2-5,8-10H2,1H3,(H,21,22,25). The number of thiazole rings is 2. The van der Waals surface area contributed by atoms with Gasteiger partial charge in [-0.25, -0.2) is 18.7 Å². The summed E-state index contributed by atoms with van der Waals surface area (Å²) >= 11 is 14.6. The maximum absolute atomic E-state index is 13.5. The number of likely N-dealkylation sites (tertiary alicyclic amines) is 3. The number of aromatic nitrogens is 2. The van der Waals surface area contributed by atoms with E-state index in [-0.39, 0.29) is 33.7 Å².